The molecule has 0 aliphatic carbocycles. The van der Waals surface area contributed by atoms with Gasteiger partial charge in [0.1, 0.15) is 16.7 Å². The summed E-state index contributed by atoms with van der Waals surface area (Å²) >= 11 is 6.06. The Morgan fingerprint density at radius 3 is 2.50 bits per heavy atom. The molecule has 8 heteroatoms. The van der Waals surface area contributed by atoms with Gasteiger partial charge in [-0.15, -0.1) is 0 Å². The first-order chi connectivity index (χ1) is 12.3. The summed E-state index contributed by atoms with van der Waals surface area (Å²) in [7, 11) is -2.34. The molecule has 1 amide bonds. The van der Waals surface area contributed by atoms with Crippen LogP contribution < -0.4 is 14.4 Å². The Morgan fingerprint density at radius 2 is 1.88 bits per heavy atom. The average Bonchev–Trinajstić information content (AvgIpc) is 2.94. The Kier molecular flexibility index (Phi) is 5.22. The number of nitrogens with zero attached hydrogens (tertiary/aromatic N) is 1. The number of aryl methyl sites for hydroxylation is 1. The van der Waals surface area contributed by atoms with Gasteiger partial charge in [-0.3, -0.25) is 4.79 Å². The van der Waals surface area contributed by atoms with E-state index in [0.717, 1.165) is 0 Å². The molecule has 1 atom stereocenters. The molecule has 2 aromatic carbocycles. The second-order valence-corrected chi connectivity index (χ2v) is 8.09. The molecule has 2 aromatic rings. The summed E-state index contributed by atoms with van der Waals surface area (Å²) < 4.78 is 33.0. The Hall–Kier alpha value is -2.09. The van der Waals surface area contributed by atoms with Gasteiger partial charge in [0.2, 0.25) is 15.9 Å². The number of ether oxygens (including phenoxy) is 1. The van der Waals surface area contributed by atoms with Crippen molar-refractivity contribution in [1.29, 1.82) is 0 Å². The SMILES string of the molecule is COc1ccc(N2CCC(NS(=O)(=O)c3c(C)cccc3Cl)C2=O)cc1. The van der Waals surface area contributed by atoms with Gasteiger partial charge in [0, 0.05) is 12.2 Å². The minimum Gasteiger partial charge on any atom is -0.497 e. The van der Waals surface area contributed by atoms with E-state index in [9.17, 15) is 13.2 Å². The standard InChI is InChI=1S/C18H19ClN2O4S/c1-12-4-3-5-15(19)17(12)26(23,24)20-16-10-11-21(18(16)22)13-6-8-14(25-2)9-7-13/h3-9,16,20H,10-11H2,1-2H3. The Labute approximate surface area is 157 Å². The van der Waals surface area contributed by atoms with E-state index in [1.807, 2.05) is 0 Å². The summed E-state index contributed by atoms with van der Waals surface area (Å²) in [6.07, 6.45) is 0.383. The van der Waals surface area contributed by atoms with Crippen molar-refractivity contribution in [3.63, 3.8) is 0 Å². The lowest BCUT2D eigenvalue weighted by atomic mass is 10.2. The van der Waals surface area contributed by atoms with Crippen molar-refractivity contribution in [3.05, 3.63) is 53.1 Å². The fourth-order valence-electron chi connectivity index (χ4n) is 3.01. The van der Waals surface area contributed by atoms with Crippen LogP contribution >= 0.6 is 11.6 Å². The number of methoxy groups -OCH3 is 1. The normalized spacial score (nSPS) is 17.6. The number of anilines is 1. The van der Waals surface area contributed by atoms with E-state index in [0.29, 0.717) is 30.0 Å². The van der Waals surface area contributed by atoms with Gasteiger partial charge >= 0.3 is 0 Å². The highest BCUT2D eigenvalue weighted by molar-refractivity contribution is 7.89. The fourth-order valence-corrected chi connectivity index (χ4v) is 5.07. The van der Waals surface area contributed by atoms with Gasteiger partial charge in [-0.05, 0) is 49.2 Å². The van der Waals surface area contributed by atoms with E-state index in [1.165, 1.54) is 6.07 Å². The molecule has 1 aliphatic rings. The van der Waals surface area contributed by atoms with Crippen molar-refractivity contribution in [1.82, 2.24) is 4.72 Å². The van der Waals surface area contributed by atoms with Crippen molar-refractivity contribution >= 4 is 33.2 Å². The molecule has 0 aromatic heterocycles. The van der Waals surface area contributed by atoms with Crippen molar-refractivity contribution in [2.75, 3.05) is 18.6 Å². The zero-order chi connectivity index (χ0) is 18.9. The van der Waals surface area contributed by atoms with Crippen LogP contribution in [0.15, 0.2) is 47.4 Å². The highest BCUT2D eigenvalue weighted by atomic mass is 35.5. The molecule has 3 rings (SSSR count). The maximum absolute atomic E-state index is 12.7. The van der Waals surface area contributed by atoms with E-state index >= 15 is 0 Å². The quantitative estimate of drug-likeness (QED) is 0.846. The van der Waals surface area contributed by atoms with E-state index < -0.39 is 16.1 Å². The largest absolute Gasteiger partial charge is 0.497 e. The zero-order valence-electron chi connectivity index (χ0n) is 14.4. The predicted molar refractivity (Wildman–Crippen MR) is 100 cm³/mol. The summed E-state index contributed by atoms with van der Waals surface area (Å²) in [5, 5.41) is 0.134. The van der Waals surface area contributed by atoms with Gasteiger partial charge in [0.15, 0.2) is 0 Å². The van der Waals surface area contributed by atoms with Crippen molar-refractivity contribution < 1.29 is 17.9 Å². The number of rotatable bonds is 5. The molecule has 1 fully saturated rings. The second kappa shape index (κ2) is 7.26. The third-order valence-corrected chi connectivity index (χ3v) is 6.42. The number of carbonyl (C=O) groups is 1. The molecule has 6 nitrogen and oxygen atoms in total. The summed E-state index contributed by atoms with van der Waals surface area (Å²) in [5.74, 6) is 0.398. The molecule has 0 spiro atoms. The summed E-state index contributed by atoms with van der Waals surface area (Å²) in [6, 6.07) is 11.1. The minimum atomic E-state index is -3.90. The Morgan fingerprint density at radius 1 is 1.19 bits per heavy atom. The highest BCUT2D eigenvalue weighted by Crippen LogP contribution is 2.28. The molecular weight excluding hydrogens is 376 g/mol. The molecule has 1 aliphatic heterocycles. The molecule has 26 heavy (non-hydrogen) atoms. The molecule has 1 unspecified atom stereocenters. The van der Waals surface area contributed by atoms with Gasteiger partial charge in [-0.25, -0.2) is 8.42 Å². The van der Waals surface area contributed by atoms with Crippen LogP contribution in [-0.4, -0.2) is 34.0 Å². The molecule has 1 N–H and O–H groups in total. The summed E-state index contributed by atoms with van der Waals surface area (Å²) in [6.45, 7) is 2.10. The number of carbonyl (C=O) groups excluding carboxylic acids is 1. The first-order valence-electron chi connectivity index (χ1n) is 8.06. The van der Waals surface area contributed by atoms with Gasteiger partial charge in [0.25, 0.3) is 0 Å². The lowest BCUT2D eigenvalue weighted by Crippen LogP contribution is -2.41. The lowest BCUT2D eigenvalue weighted by molar-refractivity contribution is -0.118. The first-order valence-corrected chi connectivity index (χ1v) is 9.92. The van der Waals surface area contributed by atoms with Crippen LogP contribution in [0.5, 0.6) is 5.75 Å². The zero-order valence-corrected chi connectivity index (χ0v) is 16.0. The lowest BCUT2D eigenvalue weighted by Gasteiger charge is -2.18. The van der Waals surface area contributed by atoms with Gasteiger partial charge in [-0.2, -0.15) is 4.72 Å². The number of amides is 1. The van der Waals surface area contributed by atoms with Gasteiger partial charge in [-0.1, -0.05) is 23.7 Å². The number of hydrogen-bond acceptors (Lipinski definition) is 4. The Bertz CT molecular complexity index is 908. The molecule has 0 saturated carbocycles. The monoisotopic (exact) mass is 394 g/mol. The third-order valence-electron chi connectivity index (χ3n) is 4.32. The summed E-state index contributed by atoms with van der Waals surface area (Å²) in [4.78, 5) is 14.2. The topological polar surface area (TPSA) is 75.7 Å². The number of benzene rings is 2. The van der Waals surface area contributed by atoms with Crippen LogP contribution in [0.1, 0.15) is 12.0 Å². The van der Waals surface area contributed by atoms with E-state index in [1.54, 1.807) is 55.3 Å². The summed E-state index contributed by atoms with van der Waals surface area (Å²) in [5.41, 5.74) is 1.23. The van der Waals surface area contributed by atoms with Crippen LogP contribution in [-0.2, 0) is 14.8 Å². The third kappa shape index (κ3) is 3.56. The van der Waals surface area contributed by atoms with Gasteiger partial charge in [0.05, 0.1) is 12.1 Å². The molecular formula is C18H19ClN2O4S. The number of halogens is 1. The van der Waals surface area contributed by atoms with E-state index in [-0.39, 0.29) is 15.8 Å². The molecule has 0 bridgehead atoms. The number of nitrogens with one attached hydrogen (secondary N) is 1. The average molecular weight is 395 g/mol. The highest BCUT2D eigenvalue weighted by Gasteiger charge is 2.36. The maximum Gasteiger partial charge on any atom is 0.245 e. The molecule has 1 saturated heterocycles. The number of hydrogen-bond donors (Lipinski definition) is 1. The van der Waals surface area contributed by atoms with E-state index in [2.05, 4.69) is 4.72 Å². The van der Waals surface area contributed by atoms with Crippen molar-refractivity contribution in [3.8, 4) is 5.75 Å². The van der Waals surface area contributed by atoms with Crippen LogP contribution in [0.4, 0.5) is 5.69 Å². The van der Waals surface area contributed by atoms with Crippen LogP contribution in [0.25, 0.3) is 0 Å². The predicted octanol–water partition coefficient (Wildman–Crippen LogP) is 2.74. The Balaban J connectivity index is 1.80. The maximum atomic E-state index is 12.7. The fraction of sp³-hybridized carbons (Fsp3) is 0.278. The second-order valence-electron chi connectivity index (χ2n) is 6.04. The van der Waals surface area contributed by atoms with Gasteiger partial charge < -0.3 is 9.64 Å². The smallest absolute Gasteiger partial charge is 0.245 e. The van der Waals surface area contributed by atoms with E-state index in [4.69, 9.17) is 16.3 Å². The first kappa shape index (κ1) is 18.7. The van der Waals surface area contributed by atoms with Crippen LogP contribution in [0.2, 0.25) is 5.02 Å². The molecule has 138 valence electrons. The minimum absolute atomic E-state index is 0.0114. The van der Waals surface area contributed by atoms with Crippen molar-refractivity contribution in [2.45, 2.75) is 24.3 Å². The molecule has 0 radical (unpaired) electrons. The van der Waals surface area contributed by atoms with Crippen LogP contribution in [0.3, 0.4) is 0 Å². The van der Waals surface area contributed by atoms with Crippen molar-refractivity contribution in [2.24, 2.45) is 0 Å². The number of sulfonamides is 1. The van der Waals surface area contributed by atoms with Crippen LogP contribution in [0, 0.1) is 6.92 Å². The molecule has 1 heterocycles.